The molecule has 6 rings (SSSR count). The summed E-state index contributed by atoms with van der Waals surface area (Å²) in [6, 6.07) is 24.7. The van der Waals surface area contributed by atoms with Gasteiger partial charge < -0.3 is 4.90 Å². The number of benzene rings is 4. The van der Waals surface area contributed by atoms with Crippen LogP contribution in [0.25, 0.3) is 33.2 Å². The maximum Gasteiger partial charge on any atom is 0.269 e. The van der Waals surface area contributed by atoms with Crippen molar-refractivity contribution in [2.45, 2.75) is 24.2 Å². The van der Waals surface area contributed by atoms with Gasteiger partial charge in [-0.1, -0.05) is 54.1 Å². The molecule has 2 heterocycles. The molecule has 1 aliphatic heterocycles. The molecule has 4 aromatic carbocycles. The van der Waals surface area contributed by atoms with Gasteiger partial charge in [-0.05, 0) is 72.5 Å². The lowest BCUT2D eigenvalue weighted by molar-refractivity contribution is 0.0724. The molecule has 1 saturated heterocycles. The van der Waals surface area contributed by atoms with Gasteiger partial charge >= 0.3 is 0 Å². The molecule has 0 atom stereocenters. The van der Waals surface area contributed by atoms with Crippen LogP contribution in [0.2, 0.25) is 5.02 Å². The fraction of sp³-hybridized carbons (Fsp3) is 0.172. The average Bonchev–Trinajstić information content (AvgIpc) is 3.32. The number of imidazole rings is 1. The Morgan fingerprint density at radius 2 is 1.57 bits per heavy atom. The van der Waals surface area contributed by atoms with E-state index >= 15 is 0 Å². The minimum Gasteiger partial charge on any atom is -0.339 e. The summed E-state index contributed by atoms with van der Waals surface area (Å²) >= 11 is 6.05. The normalized spacial score (nSPS) is 14.4. The Bertz CT molecular complexity index is 1750. The van der Waals surface area contributed by atoms with E-state index in [2.05, 4.69) is 0 Å². The monoisotopic (exact) mass is 529 g/mol. The van der Waals surface area contributed by atoms with E-state index in [1.807, 2.05) is 47.4 Å². The van der Waals surface area contributed by atoms with Gasteiger partial charge in [-0.15, -0.1) is 0 Å². The van der Waals surface area contributed by atoms with Gasteiger partial charge in [-0.2, -0.15) is 0 Å². The Kier molecular flexibility index (Phi) is 5.97. The number of carbonyl (C=O) groups is 1. The lowest BCUT2D eigenvalue weighted by atomic mass is 10.0. The van der Waals surface area contributed by atoms with Crippen molar-refractivity contribution in [3.8, 4) is 11.4 Å². The van der Waals surface area contributed by atoms with Crippen LogP contribution in [0.3, 0.4) is 0 Å². The first-order valence-electron chi connectivity index (χ1n) is 12.2. The lowest BCUT2D eigenvalue weighted by Gasteiger charge is -2.26. The highest BCUT2D eigenvalue weighted by molar-refractivity contribution is 7.90. The van der Waals surface area contributed by atoms with Gasteiger partial charge in [-0.3, -0.25) is 4.79 Å². The van der Waals surface area contributed by atoms with Crippen molar-refractivity contribution >= 4 is 49.3 Å². The molecule has 1 amide bonds. The minimum atomic E-state index is -4.08. The summed E-state index contributed by atoms with van der Waals surface area (Å²) in [5.41, 5.74) is 2.00. The van der Waals surface area contributed by atoms with Gasteiger partial charge in [0.05, 0.1) is 15.9 Å². The van der Waals surface area contributed by atoms with E-state index in [4.69, 9.17) is 16.6 Å². The molecule has 0 N–H and O–H groups in total. The van der Waals surface area contributed by atoms with E-state index in [9.17, 15) is 13.2 Å². The Hall–Kier alpha value is -3.68. The molecular formula is C29H24ClN3O3S. The van der Waals surface area contributed by atoms with Gasteiger partial charge in [0.15, 0.2) is 5.82 Å². The van der Waals surface area contributed by atoms with E-state index in [0.29, 0.717) is 46.1 Å². The average molecular weight is 530 g/mol. The number of carbonyl (C=O) groups excluding carboxylic acids is 1. The molecule has 186 valence electrons. The molecular weight excluding hydrogens is 506 g/mol. The summed E-state index contributed by atoms with van der Waals surface area (Å²) in [4.78, 5) is 20.0. The summed E-state index contributed by atoms with van der Waals surface area (Å²) in [5.74, 6) is 0.203. The second kappa shape index (κ2) is 9.32. The number of hydrogen-bond acceptors (Lipinski definition) is 4. The highest BCUT2D eigenvalue weighted by Gasteiger charge is 2.27. The van der Waals surface area contributed by atoms with Crippen LogP contribution in [-0.4, -0.2) is 41.3 Å². The van der Waals surface area contributed by atoms with Crippen LogP contribution >= 0.6 is 11.6 Å². The summed E-state index contributed by atoms with van der Waals surface area (Å²) in [5, 5.41) is 2.30. The number of hydrogen-bond donors (Lipinski definition) is 0. The molecule has 8 heteroatoms. The van der Waals surface area contributed by atoms with Gasteiger partial charge in [0.1, 0.15) is 0 Å². The number of aromatic nitrogens is 2. The molecule has 1 fully saturated rings. The summed E-state index contributed by atoms with van der Waals surface area (Å²) in [6.45, 7) is 1.42. The van der Waals surface area contributed by atoms with Crippen LogP contribution in [-0.2, 0) is 10.0 Å². The Morgan fingerprint density at radius 3 is 2.35 bits per heavy atom. The van der Waals surface area contributed by atoms with Crippen LogP contribution in [0.5, 0.6) is 0 Å². The minimum absolute atomic E-state index is 0.0884. The Labute approximate surface area is 220 Å². The van der Waals surface area contributed by atoms with Gasteiger partial charge in [0.25, 0.3) is 15.9 Å². The molecule has 0 aliphatic carbocycles. The van der Waals surface area contributed by atoms with Crippen molar-refractivity contribution in [1.82, 2.24) is 13.9 Å². The highest BCUT2D eigenvalue weighted by Crippen LogP contribution is 2.34. The van der Waals surface area contributed by atoms with Crippen molar-refractivity contribution in [3.05, 3.63) is 95.5 Å². The topological polar surface area (TPSA) is 72.3 Å². The van der Waals surface area contributed by atoms with Crippen molar-refractivity contribution in [3.63, 3.8) is 0 Å². The van der Waals surface area contributed by atoms with Crippen LogP contribution in [0.4, 0.5) is 0 Å². The van der Waals surface area contributed by atoms with Crippen LogP contribution < -0.4 is 0 Å². The molecule has 0 bridgehead atoms. The second-order valence-corrected chi connectivity index (χ2v) is 11.5. The predicted octanol–water partition coefficient (Wildman–Crippen LogP) is 6.37. The molecule has 6 nitrogen and oxygen atoms in total. The van der Waals surface area contributed by atoms with Crippen molar-refractivity contribution in [1.29, 1.82) is 0 Å². The number of likely N-dealkylation sites (tertiary alicyclic amines) is 1. The molecule has 1 aromatic heterocycles. The quantitative estimate of drug-likeness (QED) is 0.271. The predicted molar refractivity (Wildman–Crippen MR) is 146 cm³/mol. The number of nitrogens with zero attached hydrogens (tertiary/aromatic N) is 3. The first-order valence-corrected chi connectivity index (χ1v) is 14.1. The maximum absolute atomic E-state index is 14.1. The molecule has 1 aliphatic rings. The van der Waals surface area contributed by atoms with Gasteiger partial charge in [0.2, 0.25) is 0 Å². The Morgan fingerprint density at radius 1 is 0.838 bits per heavy atom. The first-order chi connectivity index (χ1) is 17.9. The zero-order valence-corrected chi connectivity index (χ0v) is 21.5. The summed E-state index contributed by atoms with van der Waals surface area (Å²) < 4.78 is 29.5. The number of halogens is 1. The number of piperidine rings is 1. The molecule has 5 aromatic rings. The van der Waals surface area contributed by atoms with E-state index in [1.165, 1.54) is 16.1 Å². The van der Waals surface area contributed by atoms with E-state index in [-0.39, 0.29) is 10.8 Å². The standard InChI is InChI=1S/C29H24ClN3O3S/c30-22-12-14-23(15-13-22)37(35,36)33-27-19-21(29(34)32-17-4-1-5-18-32)11-16-26(27)31-28(33)25-10-6-8-20-7-2-3-9-24(20)25/h2-3,6-16,19H,1,4-5,17-18H2. The maximum atomic E-state index is 14.1. The van der Waals surface area contributed by atoms with Gasteiger partial charge in [-0.25, -0.2) is 17.4 Å². The Balaban J connectivity index is 1.61. The lowest BCUT2D eigenvalue weighted by Crippen LogP contribution is -2.35. The van der Waals surface area contributed by atoms with Crippen LogP contribution in [0.15, 0.2) is 89.8 Å². The number of rotatable bonds is 4. The van der Waals surface area contributed by atoms with Crippen molar-refractivity contribution in [2.24, 2.45) is 0 Å². The smallest absolute Gasteiger partial charge is 0.269 e. The number of fused-ring (bicyclic) bond motifs is 2. The molecule has 0 saturated carbocycles. The SMILES string of the molecule is O=C(c1ccc2nc(-c3cccc4ccccc34)n(S(=O)(=O)c3ccc(Cl)cc3)c2c1)N1CCCCC1. The van der Waals surface area contributed by atoms with E-state index in [0.717, 1.165) is 30.0 Å². The fourth-order valence-electron chi connectivity index (χ4n) is 5.01. The van der Waals surface area contributed by atoms with Crippen molar-refractivity contribution in [2.75, 3.05) is 13.1 Å². The van der Waals surface area contributed by atoms with Crippen molar-refractivity contribution < 1.29 is 13.2 Å². The second-order valence-electron chi connectivity index (χ2n) is 9.24. The summed E-state index contributed by atoms with van der Waals surface area (Å²) in [6.07, 6.45) is 3.06. The number of amides is 1. The van der Waals surface area contributed by atoms with Crippen LogP contribution in [0.1, 0.15) is 29.6 Å². The third kappa shape index (κ3) is 4.18. The molecule has 0 unspecified atom stereocenters. The molecule has 37 heavy (non-hydrogen) atoms. The largest absolute Gasteiger partial charge is 0.339 e. The van der Waals surface area contributed by atoms with Gasteiger partial charge in [0, 0.05) is 29.2 Å². The fourth-order valence-corrected chi connectivity index (χ4v) is 6.60. The van der Waals surface area contributed by atoms with E-state index in [1.54, 1.807) is 30.3 Å². The zero-order chi connectivity index (χ0) is 25.6. The third-order valence-corrected chi connectivity index (χ3v) is 8.86. The first kappa shape index (κ1) is 23.7. The summed E-state index contributed by atoms with van der Waals surface area (Å²) in [7, 11) is -4.08. The third-order valence-electron chi connectivity index (χ3n) is 6.89. The van der Waals surface area contributed by atoms with Crippen LogP contribution in [0, 0.1) is 0 Å². The highest BCUT2D eigenvalue weighted by atomic mass is 35.5. The zero-order valence-electron chi connectivity index (χ0n) is 20.0. The van der Waals surface area contributed by atoms with E-state index < -0.39 is 10.0 Å². The molecule has 0 radical (unpaired) electrons. The molecule has 0 spiro atoms.